The molecule has 0 aliphatic carbocycles. The monoisotopic (exact) mass is 406 g/mol. The number of esters is 1. The third-order valence-corrected chi connectivity index (χ3v) is 4.53. The molecule has 9 heteroatoms. The zero-order chi connectivity index (χ0) is 21.0. The van der Waals surface area contributed by atoms with Gasteiger partial charge in [0.05, 0.1) is 18.8 Å². The van der Waals surface area contributed by atoms with Crippen molar-refractivity contribution in [3.63, 3.8) is 0 Å². The molecular weight excluding hydrogens is 384 g/mol. The second kappa shape index (κ2) is 9.21. The molecule has 0 amide bonds. The lowest BCUT2D eigenvalue weighted by atomic mass is 9.99. The minimum absolute atomic E-state index is 0.0956. The van der Waals surface area contributed by atoms with Crippen LogP contribution in [0.1, 0.15) is 15.9 Å². The number of ether oxygens (including phenoxy) is 3. The van der Waals surface area contributed by atoms with Crippen LogP contribution in [0.25, 0.3) is 0 Å². The highest BCUT2D eigenvalue weighted by Gasteiger charge is 2.48. The Labute approximate surface area is 166 Å². The number of rotatable bonds is 6. The number of aliphatic hydroxyl groups is 4. The summed E-state index contributed by atoms with van der Waals surface area (Å²) in [6.07, 6.45) is -7.14. The molecule has 9 nitrogen and oxygen atoms in total. The van der Waals surface area contributed by atoms with Gasteiger partial charge in [0.1, 0.15) is 29.8 Å². The second-order valence-electron chi connectivity index (χ2n) is 6.51. The summed E-state index contributed by atoms with van der Waals surface area (Å²) in [5.41, 5.74) is 0.445. The number of benzene rings is 2. The lowest BCUT2D eigenvalue weighted by molar-refractivity contribution is -0.276. The van der Waals surface area contributed by atoms with Crippen molar-refractivity contribution in [2.45, 2.75) is 37.3 Å². The first-order chi connectivity index (χ1) is 13.9. The maximum Gasteiger partial charge on any atom is 0.338 e. The van der Waals surface area contributed by atoms with Gasteiger partial charge in [0, 0.05) is 5.56 Å². The number of carbonyl (C=O) groups is 1. The van der Waals surface area contributed by atoms with E-state index >= 15 is 0 Å². The maximum absolute atomic E-state index is 12.4. The summed E-state index contributed by atoms with van der Waals surface area (Å²) in [7, 11) is 0. The summed E-state index contributed by atoms with van der Waals surface area (Å²) < 4.78 is 16.5. The molecule has 1 aliphatic heterocycles. The van der Waals surface area contributed by atoms with Gasteiger partial charge in [-0.25, -0.2) is 4.79 Å². The smallest absolute Gasteiger partial charge is 0.338 e. The van der Waals surface area contributed by atoms with Crippen molar-refractivity contribution < 1.29 is 44.5 Å². The second-order valence-corrected chi connectivity index (χ2v) is 6.51. The lowest BCUT2D eigenvalue weighted by Crippen LogP contribution is -2.61. The molecule has 2 aromatic carbocycles. The molecule has 1 aliphatic rings. The molecule has 0 spiro atoms. The van der Waals surface area contributed by atoms with Gasteiger partial charge in [0.2, 0.25) is 6.29 Å². The van der Waals surface area contributed by atoms with E-state index in [4.69, 9.17) is 14.2 Å². The number of phenols is 1. The van der Waals surface area contributed by atoms with E-state index in [9.17, 15) is 30.3 Å². The van der Waals surface area contributed by atoms with Crippen LogP contribution in [0.5, 0.6) is 11.5 Å². The Bertz CT molecular complexity index is 826. The van der Waals surface area contributed by atoms with E-state index in [-0.39, 0.29) is 22.6 Å². The van der Waals surface area contributed by atoms with Gasteiger partial charge in [-0.05, 0) is 30.3 Å². The Morgan fingerprint density at radius 2 is 1.76 bits per heavy atom. The number of aliphatic hydroxyl groups excluding tert-OH is 4. The Morgan fingerprint density at radius 1 is 1.03 bits per heavy atom. The zero-order valence-corrected chi connectivity index (χ0v) is 15.3. The highest BCUT2D eigenvalue weighted by atomic mass is 16.7. The molecule has 156 valence electrons. The van der Waals surface area contributed by atoms with E-state index in [1.54, 1.807) is 18.2 Å². The minimum atomic E-state index is -1.60. The van der Waals surface area contributed by atoms with Gasteiger partial charge in [0.25, 0.3) is 0 Å². The fourth-order valence-electron chi connectivity index (χ4n) is 2.97. The quantitative estimate of drug-likeness (QED) is 0.416. The Morgan fingerprint density at radius 3 is 2.41 bits per heavy atom. The molecule has 0 bridgehead atoms. The van der Waals surface area contributed by atoms with Crippen LogP contribution in [0.4, 0.5) is 0 Å². The molecule has 5 atom stereocenters. The zero-order valence-electron chi connectivity index (χ0n) is 15.3. The van der Waals surface area contributed by atoms with E-state index in [1.807, 2.05) is 0 Å². The van der Waals surface area contributed by atoms with E-state index < -0.39 is 49.9 Å². The molecule has 0 unspecified atom stereocenters. The summed E-state index contributed by atoms with van der Waals surface area (Å²) in [6, 6.07) is 12.0. The standard InChI is InChI=1S/C20H22O9/c21-9-12-8-13(23)6-7-14(12)27-20-18(17(25)16(24)15(10-22)28-20)29-19(26)11-4-2-1-3-5-11/h1-8,15-18,20-25H,9-10H2/t15-,16-,17+,18-,20-/m1/s1. The molecule has 5 N–H and O–H groups in total. The van der Waals surface area contributed by atoms with Crippen LogP contribution < -0.4 is 4.74 Å². The SMILES string of the molecule is O=C(O[C@H]1[C@H](Oc2ccc(O)cc2CO)O[C@H](CO)[C@@H](O)[C@@H]1O)c1ccccc1. The van der Waals surface area contributed by atoms with Crippen LogP contribution >= 0.6 is 0 Å². The van der Waals surface area contributed by atoms with Crippen molar-refractivity contribution in [3.05, 3.63) is 59.7 Å². The Kier molecular flexibility index (Phi) is 6.68. The fraction of sp³-hybridized carbons (Fsp3) is 0.350. The Balaban J connectivity index is 1.87. The van der Waals surface area contributed by atoms with Gasteiger partial charge in [0.15, 0.2) is 6.10 Å². The van der Waals surface area contributed by atoms with E-state index in [0.29, 0.717) is 0 Å². The molecule has 2 aromatic rings. The summed E-state index contributed by atoms with van der Waals surface area (Å²) in [5, 5.41) is 49.1. The molecular formula is C20H22O9. The largest absolute Gasteiger partial charge is 0.508 e. The predicted molar refractivity (Wildman–Crippen MR) is 98.1 cm³/mol. The van der Waals surface area contributed by atoms with Gasteiger partial charge in [-0.3, -0.25) is 0 Å². The highest BCUT2D eigenvalue weighted by Crippen LogP contribution is 2.30. The molecule has 1 saturated heterocycles. The van der Waals surface area contributed by atoms with Crippen molar-refractivity contribution in [1.82, 2.24) is 0 Å². The highest BCUT2D eigenvalue weighted by molar-refractivity contribution is 5.89. The average molecular weight is 406 g/mol. The molecule has 0 aromatic heterocycles. The van der Waals surface area contributed by atoms with Crippen molar-refractivity contribution in [2.24, 2.45) is 0 Å². The van der Waals surface area contributed by atoms with Crippen molar-refractivity contribution in [2.75, 3.05) is 6.61 Å². The lowest BCUT2D eigenvalue weighted by Gasteiger charge is -2.41. The van der Waals surface area contributed by atoms with Crippen LogP contribution in [0.15, 0.2) is 48.5 Å². The van der Waals surface area contributed by atoms with Gasteiger partial charge in [-0.1, -0.05) is 18.2 Å². The summed E-state index contributed by atoms with van der Waals surface area (Å²) >= 11 is 0. The van der Waals surface area contributed by atoms with Gasteiger partial charge < -0.3 is 39.7 Å². The number of hydrogen-bond acceptors (Lipinski definition) is 9. The molecule has 1 heterocycles. The van der Waals surface area contributed by atoms with Gasteiger partial charge in [-0.15, -0.1) is 0 Å². The van der Waals surface area contributed by atoms with Crippen LogP contribution in [-0.2, 0) is 16.1 Å². The van der Waals surface area contributed by atoms with Crippen molar-refractivity contribution >= 4 is 5.97 Å². The molecule has 0 radical (unpaired) electrons. The van der Waals surface area contributed by atoms with Gasteiger partial charge >= 0.3 is 5.97 Å². The average Bonchev–Trinajstić information content (AvgIpc) is 2.74. The number of aromatic hydroxyl groups is 1. The third-order valence-electron chi connectivity index (χ3n) is 4.53. The van der Waals surface area contributed by atoms with Crippen LogP contribution in [0, 0.1) is 0 Å². The first kappa shape index (κ1) is 21.0. The Hall–Kier alpha value is -2.69. The third kappa shape index (κ3) is 4.66. The minimum Gasteiger partial charge on any atom is -0.508 e. The van der Waals surface area contributed by atoms with Gasteiger partial charge in [-0.2, -0.15) is 0 Å². The van der Waals surface area contributed by atoms with Crippen molar-refractivity contribution in [3.8, 4) is 11.5 Å². The molecule has 29 heavy (non-hydrogen) atoms. The topological polar surface area (TPSA) is 146 Å². The fourth-order valence-corrected chi connectivity index (χ4v) is 2.97. The number of hydrogen-bond donors (Lipinski definition) is 5. The number of carbonyl (C=O) groups excluding carboxylic acids is 1. The molecule has 3 rings (SSSR count). The predicted octanol–water partition coefficient (Wildman–Crippen LogP) is -0.0721. The summed E-state index contributed by atoms with van der Waals surface area (Å²) in [5.74, 6) is -0.757. The van der Waals surface area contributed by atoms with Crippen LogP contribution in [0.2, 0.25) is 0 Å². The number of phenolic OH excluding ortho intramolecular Hbond substituents is 1. The maximum atomic E-state index is 12.4. The van der Waals surface area contributed by atoms with Crippen LogP contribution in [-0.4, -0.2) is 68.8 Å². The van der Waals surface area contributed by atoms with E-state index in [0.717, 1.165) is 0 Å². The van der Waals surface area contributed by atoms with E-state index in [2.05, 4.69) is 0 Å². The normalized spacial score (nSPS) is 26.7. The van der Waals surface area contributed by atoms with Crippen LogP contribution in [0.3, 0.4) is 0 Å². The van der Waals surface area contributed by atoms with E-state index in [1.165, 1.54) is 30.3 Å². The summed E-state index contributed by atoms with van der Waals surface area (Å²) in [6.45, 7) is -1.07. The molecule has 1 fully saturated rings. The summed E-state index contributed by atoms with van der Waals surface area (Å²) in [4.78, 5) is 12.4. The first-order valence-electron chi connectivity index (χ1n) is 8.92. The first-order valence-corrected chi connectivity index (χ1v) is 8.92. The van der Waals surface area contributed by atoms with Crippen molar-refractivity contribution in [1.29, 1.82) is 0 Å². The molecule has 0 saturated carbocycles.